The molecule has 1 saturated heterocycles. The van der Waals surface area contributed by atoms with E-state index in [9.17, 15) is 22.8 Å². The van der Waals surface area contributed by atoms with Gasteiger partial charge in [-0.2, -0.15) is 13.2 Å². The highest BCUT2D eigenvalue weighted by atomic mass is 35.5. The Bertz CT molecular complexity index is 614. The van der Waals surface area contributed by atoms with Crippen molar-refractivity contribution < 1.29 is 22.8 Å². The van der Waals surface area contributed by atoms with Gasteiger partial charge in [0.1, 0.15) is 6.04 Å². The number of anilines is 1. The minimum atomic E-state index is -4.91. The Morgan fingerprint density at radius 1 is 1.26 bits per heavy atom. The number of likely N-dealkylation sites (tertiary alicyclic amines) is 1. The number of nitrogens with zero attached hydrogens (tertiary/aromatic N) is 1. The highest BCUT2D eigenvalue weighted by molar-refractivity contribution is 6.30. The molecule has 1 fully saturated rings. The zero-order valence-corrected chi connectivity index (χ0v) is 12.7. The monoisotopic (exact) mass is 346 g/mol. The number of alkyl halides is 3. The predicted molar refractivity (Wildman–Crippen MR) is 80.0 cm³/mol. The van der Waals surface area contributed by atoms with Gasteiger partial charge in [0.15, 0.2) is 0 Å². The number of amides is 1. The lowest BCUT2D eigenvalue weighted by Crippen LogP contribution is -2.36. The summed E-state index contributed by atoms with van der Waals surface area (Å²) in [6, 6.07) is 5.88. The van der Waals surface area contributed by atoms with Crippen molar-refractivity contribution in [2.24, 2.45) is 0 Å². The molecule has 0 saturated carbocycles. The highest BCUT2D eigenvalue weighted by Crippen LogP contribution is 2.22. The molecule has 1 aliphatic rings. The van der Waals surface area contributed by atoms with E-state index in [0.29, 0.717) is 36.2 Å². The van der Waals surface area contributed by atoms with Gasteiger partial charge in [-0.3, -0.25) is 9.59 Å². The lowest BCUT2D eigenvalue weighted by Gasteiger charge is -2.22. The first-order valence-electron chi connectivity index (χ1n) is 6.89. The van der Waals surface area contributed by atoms with Gasteiger partial charge in [0.25, 0.3) is 5.78 Å². The van der Waals surface area contributed by atoms with Gasteiger partial charge >= 0.3 is 6.18 Å². The van der Waals surface area contributed by atoms with Crippen LogP contribution in [0.1, 0.15) is 12.8 Å². The van der Waals surface area contributed by atoms with Crippen LogP contribution in [0.3, 0.4) is 0 Å². The van der Waals surface area contributed by atoms with Crippen LogP contribution in [0.5, 0.6) is 0 Å². The molecule has 1 aromatic rings. The number of hydrogen-bond donors (Lipinski definition) is 1. The summed E-state index contributed by atoms with van der Waals surface area (Å²) in [6.07, 6.45) is -2.26. The Hall–Kier alpha value is -2.02. The molecule has 1 amide bonds. The molecule has 4 nitrogen and oxygen atoms in total. The Kier molecular flexibility index (Phi) is 5.30. The van der Waals surface area contributed by atoms with Crippen LogP contribution in [0.4, 0.5) is 18.9 Å². The third-order valence-corrected chi connectivity index (χ3v) is 3.66. The molecule has 0 spiro atoms. The number of allylic oxidation sites excluding steroid dienone is 1. The van der Waals surface area contributed by atoms with Gasteiger partial charge in [-0.1, -0.05) is 11.6 Å². The first-order valence-corrected chi connectivity index (χ1v) is 7.27. The number of ketones is 1. The van der Waals surface area contributed by atoms with E-state index in [0.717, 1.165) is 6.20 Å². The molecule has 1 aliphatic heterocycles. The average Bonchev–Trinajstić information content (AvgIpc) is 2.94. The fraction of sp³-hybridized carbons (Fsp3) is 0.333. The lowest BCUT2D eigenvalue weighted by atomic mass is 10.2. The number of carbonyl (C=O) groups is 2. The van der Waals surface area contributed by atoms with Crippen molar-refractivity contribution in [3.05, 3.63) is 41.6 Å². The van der Waals surface area contributed by atoms with E-state index in [1.54, 1.807) is 24.3 Å². The van der Waals surface area contributed by atoms with Gasteiger partial charge in [-0.25, -0.2) is 0 Å². The molecule has 0 radical (unpaired) electrons. The molecule has 1 heterocycles. The maximum Gasteiger partial charge on any atom is 0.454 e. The number of carbonyl (C=O) groups excluding carboxylic acids is 2. The summed E-state index contributed by atoms with van der Waals surface area (Å²) in [5.41, 5.74) is 0.543. The second-order valence-corrected chi connectivity index (χ2v) is 5.51. The summed E-state index contributed by atoms with van der Waals surface area (Å²) < 4.78 is 36.6. The van der Waals surface area contributed by atoms with Gasteiger partial charge in [0, 0.05) is 29.5 Å². The molecule has 0 bridgehead atoms. The maximum atomic E-state index is 12.2. The van der Waals surface area contributed by atoms with Crippen LogP contribution in [0.2, 0.25) is 5.02 Å². The van der Waals surface area contributed by atoms with Crippen molar-refractivity contribution in [2.45, 2.75) is 25.1 Å². The third-order valence-electron chi connectivity index (χ3n) is 3.41. The molecule has 1 N–H and O–H groups in total. The van der Waals surface area contributed by atoms with E-state index in [-0.39, 0.29) is 5.91 Å². The summed E-state index contributed by atoms with van der Waals surface area (Å²) in [5, 5.41) is 3.21. The zero-order valence-electron chi connectivity index (χ0n) is 11.9. The minimum absolute atomic E-state index is 0.339. The quantitative estimate of drug-likeness (QED) is 0.850. The van der Waals surface area contributed by atoms with Crippen LogP contribution in [0.25, 0.3) is 0 Å². The molecule has 124 valence electrons. The van der Waals surface area contributed by atoms with E-state index >= 15 is 0 Å². The molecule has 2 rings (SSSR count). The van der Waals surface area contributed by atoms with Gasteiger partial charge in [0.05, 0.1) is 0 Å². The lowest BCUT2D eigenvalue weighted by molar-refractivity contribution is -0.165. The Morgan fingerprint density at radius 3 is 2.52 bits per heavy atom. The highest BCUT2D eigenvalue weighted by Gasteiger charge is 2.37. The van der Waals surface area contributed by atoms with E-state index in [4.69, 9.17) is 11.6 Å². The van der Waals surface area contributed by atoms with E-state index in [2.05, 4.69) is 5.32 Å². The Balaban J connectivity index is 2.00. The van der Waals surface area contributed by atoms with E-state index in [1.165, 1.54) is 4.90 Å². The zero-order chi connectivity index (χ0) is 17.0. The smallest absolute Gasteiger partial charge is 0.365 e. The molecule has 1 aromatic carbocycles. The topological polar surface area (TPSA) is 49.4 Å². The van der Waals surface area contributed by atoms with Crippen molar-refractivity contribution in [1.29, 1.82) is 0 Å². The number of nitrogens with one attached hydrogen (secondary N) is 1. The van der Waals surface area contributed by atoms with Crippen LogP contribution in [-0.2, 0) is 9.59 Å². The molecular formula is C15H14ClF3N2O2. The third kappa shape index (κ3) is 4.72. The van der Waals surface area contributed by atoms with Crippen molar-refractivity contribution in [2.75, 3.05) is 11.9 Å². The molecular weight excluding hydrogens is 333 g/mol. The van der Waals surface area contributed by atoms with E-state index < -0.39 is 18.0 Å². The summed E-state index contributed by atoms with van der Waals surface area (Å²) in [5.74, 6) is -2.28. The molecule has 0 unspecified atom stereocenters. The first-order chi connectivity index (χ1) is 10.8. The fourth-order valence-electron chi connectivity index (χ4n) is 2.27. The summed E-state index contributed by atoms with van der Waals surface area (Å²) in [7, 11) is 0. The van der Waals surface area contributed by atoms with E-state index in [1.807, 2.05) is 0 Å². The van der Waals surface area contributed by atoms with Crippen LogP contribution in [-0.4, -0.2) is 35.4 Å². The Labute approximate surface area is 135 Å². The van der Waals surface area contributed by atoms with Gasteiger partial charge in [0.2, 0.25) is 5.91 Å². The van der Waals surface area contributed by atoms with Crippen molar-refractivity contribution in [1.82, 2.24) is 4.90 Å². The normalized spacial score (nSPS) is 18.4. The average molecular weight is 347 g/mol. The molecule has 23 heavy (non-hydrogen) atoms. The minimum Gasteiger partial charge on any atom is -0.365 e. The molecule has 0 aromatic heterocycles. The number of rotatable bonds is 4. The molecule has 8 heteroatoms. The van der Waals surface area contributed by atoms with Crippen molar-refractivity contribution in [3.8, 4) is 0 Å². The second-order valence-electron chi connectivity index (χ2n) is 5.07. The predicted octanol–water partition coefficient (Wildman–Crippen LogP) is 3.39. The standard InChI is InChI=1S/C15H14ClF3N2O2/c16-10-3-5-11(6-4-10)20-14(23)12-2-1-8-21(12)9-7-13(22)15(17,18)19/h3-7,9,12H,1-2,8H2,(H,20,23)/b9-7+/t12-/m1/s1. The molecule has 1 atom stereocenters. The van der Waals surface area contributed by atoms with Gasteiger partial charge in [-0.05, 0) is 37.1 Å². The Morgan fingerprint density at radius 2 is 1.91 bits per heavy atom. The maximum absolute atomic E-state index is 12.2. The van der Waals surface area contributed by atoms with Gasteiger partial charge in [-0.15, -0.1) is 0 Å². The van der Waals surface area contributed by atoms with Crippen LogP contribution >= 0.6 is 11.6 Å². The van der Waals surface area contributed by atoms with Crippen molar-refractivity contribution in [3.63, 3.8) is 0 Å². The van der Waals surface area contributed by atoms with Crippen LogP contribution in [0.15, 0.2) is 36.5 Å². The second kappa shape index (κ2) is 7.04. The largest absolute Gasteiger partial charge is 0.454 e. The number of hydrogen-bond acceptors (Lipinski definition) is 3. The number of halogens is 4. The first kappa shape index (κ1) is 17.3. The number of benzene rings is 1. The molecule has 0 aliphatic carbocycles. The van der Waals surface area contributed by atoms with Crippen LogP contribution < -0.4 is 5.32 Å². The SMILES string of the molecule is O=C(Nc1ccc(Cl)cc1)[C@H]1CCCN1/C=C/C(=O)C(F)(F)F. The van der Waals surface area contributed by atoms with Crippen LogP contribution in [0, 0.1) is 0 Å². The fourth-order valence-corrected chi connectivity index (χ4v) is 2.39. The summed E-state index contributed by atoms with van der Waals surface area (Å²) in [6.45, 7) is 0.417. The summed E-state index contributed by atoms with van der Waals surface area (Å²) >= 11 is 5.75. The van der Waals surface area contributed by atoms with Gasteiger partial charge < -0.3 is 10.2 Å². The van der Waals surface area contributed by atoms with Crippen molar-refractivity contribution >= 4 is 29.0 Å². The summed E-state index contributed by atoms with van der Waals surface area (Å²) in [4.78, 5) is 24.5.